The van der Waals surface area contributed by atoms with Crippen molar-refractivity contribution in [3.05, 3.63) is 70.6 Å². The van der Waals surface area contributed by atoms with Crippen molar-refractivity contribution >= 4 is 29.3 Å². The van der Waals surface area contributed by atoms with Crippen LogP contribution in [0.25, 0.3) is 11.5 Å². The lowest BCUT2D eigenvalue weighted by molar-refractivity contribution is -0.132. The maximum absolute atomic E-state index is 12.9. The van der Waals surface area contributed by atoms with Crippen LogP contribution in [0.15, 0.2) is 52.9 Å². The molecule has 0 saturated heterocycles. The van der Waals surface area contributed by atoms with Crippen LogP contribution in [0.4, 0.5) is 0 Å². The number of halogens is 1. The van der Waals surface area contributed by atoms with Crippen LogP contribution >= 0.6 is 11.6 Å². The fourth-order valence-electron chi connectivity index (χ4n) is 3.95. The first-order valence-electron chi connectivity index (χ1n) is 10.8. The summed E-state index contributed by atoms with van der Waals surface area (Å²) in [4.78, 5) is 40.9. The minimum Gasteiger partial charge on any atom is -0.419 e. The average Bonchev–Trinajstić information content (AvgIpc) is 3.51. The summed E-state index contributed by atoms with van der Waals surface area (Å²) in [7, 11) is 0. The van der Waals surface area contributed by atoms with E-state index in [0.29, 0.717) is 34.4 Å². The highest BCUT2D eigenvalue weighted by Crippen LogP contribution is 2.30. The number of hydrogen-bond donors (Lipinski definition) is 0. The minimum absolute atomic E-state index is 0.0552. The van der Waals surface area contributed by atoms with Crippen molar-refractivity contribution in [2.75, 3.05) is 6.54 Å². The van der Waals surface area contributed by atoms with Gasteiger partial charge in [-0.3, -0.25) is 19.3 Å². The van der Waals surface area contributed by atoms with E-state index in [1.54, 1.807) is 53.4 Å². The number of amides is 3. The second-order valence-electron chi connectivity index (χ2n) is 8.17. The van der Waals surface area contributed by atoms with Crippen LogP contribution in [0.5, 0.6) is 0 Å². The molecule has 9 heteroatoms. The van der Waals surface area contributed by atoms with Crippen molar-refractivity contribution in [2.45, 2.75) is 38.3 Å². The Morgan fingerprint density at radius 2 is 1.70 bits per heavy atom. The van der Waals surface area contributed by atoms with Crippen molar-refractivity contribution in [3.8, 4) is 11.5 Å². The van der Waals surface area contributed by atoms with E-state index >= 15 is 0 Å². The molecule has 33 heavy (non-hydrogen) atoms. The molecular formula is C24H21ClN4O4. The maximum Gasteiger partial charge on any atom is 0.261 e. The topological polar surface area (TPSA) is 96.6 Å². The number of nitrogens with zero attached hydrogens (tertiary/aromatic N) is 4. The molecule has 1 saturated carbocycles. The highest BCUT2D eigenvalue weighted by Gasteiger charge is 2.36. The molecule has 0 spiro atoms. The number of aromatic nitrogens is 2. The van der Waals surface area contributed by atoms with Gasteiger partial charge in [0, 0.05) is 29.6 Å². The van der Waals surface area contributed by atoms with Gasteiger partial charge in [-0.2, -0.15) is 0 Å². The average molecular weight is 465 g/mol. The van der Waals surface area contributed by atoms with Crippen molar-refractivity contribution in [2.24, 2.45) is 0 Å². The lowest BCUT2D eigenvalue weighted by atomic mass is 10.1. The molecule has 3 amide bonds. The molecule has 1 fully saturated rings. The Kier molecular flexibility index (Phi) is 5.68. The predicted octanol–water partition coefficient (Wildman–Crippen LogP) is 3.96. The van der Waals surface area contributed by atoms with E-state index in [1.165, 1.54) is 4.90 Å². The Morgan fingerprint density at radius 1 is 1.03 bits per heavy atom. The molecule has 5 rings (SSSR count). The number of benzene rings is 2. The molecule has 168 valence electrons. The molecule has 2 aliphatic rings. The molecule has 2 aromatic carbocycles. The monoisotopic (exact) mass is 464 g/mol. The third kappa shape index (κ3) is 4.39. The van der Waals surface area contributed by atoms with Crippen LogP contribution < -0.4 is 0 Å². The number of carbonyl (C=O) groups excluding carboxylic acids is 3. The van der Waals surface area contributed by atoms with Gasteiger partial charge in [0.2, 0.25) is 17.7 Å². The Morgan fingerprint density at radius 3 is 2.33 bits per heavy atom. The number of imide groups is 1. The first-order chi connectivity index (χ1) is 16.0. The third-order valence-corrected chi connectivity index (χ3v) is 6.07. The van der Waals surface area contributed by atoms with Gasteiger partial charge >= 0.3 is 0 Å². The molecule has 0 N–H and O–H groups in total. The summed E-state index contributed by atoms with van der Waals surface area (Å²) in [6.45, 7) is 0.439. The fraction of sp³-hybridized carbons (Fsp3) is 0.292. The zero-order valence-corrected chi connectivity index (χ0v) is 18.5. The lowest BCUT2D eigenvalue weighted by Gasteiger charge is -2.21. The third-order valence-electron chi connectivity index (χ3n) is 5.82. The van der Waals surface area contributed by atoms with E-state index in [2.05, 4.69) is 10.2 Å². The summed E-state index contributed by atoms with van der Waals surface area (Å²) in [6.07, 6.45) is 2.49. The smallest absolute Gasteiger partial charge is 0.261 e. The number of rotatable bonds is 8. The minimum atomic E-state index is -0.303. The molecule has 1 aliphatic carbocycles. The highest BCUT2D eigenvalue weighted by molar-refractivity contribution is 6.30. The first kappa shape index (κ1) is 21.3. The van der Waals surface area contributed by atoms with Crippen LogP contribution in [-0.2, 0) is 11.3 Å². The molecule has 8 nitrogen and oxygen atoms in total. The first-order valence-corrected chi connectivity index (χ1v) is 11.2. The summed E-state index contributed by atoms with van der Waals surface area (Å²) in [5.41, 5.74) is 1.59. The van der Waals surface area contributed by atoms with E-state index < -0.39 is 0 Å². The summed E-state index contributed by atoms with van der Waals surface area (Å²) >= 11 is 5.92. The van der Waals surface area contributed by atoms with Crippen LogP contribution in [0, 0.1) is 0 Å². The van der Waals surface area contributed by atoms with E-state index in [0.717, 1.165) is 18.4 Å². The van der Waals surface area contributed by atoms with Gasteiger partial charge in [-0.25, -0.2) is 0 Å². The SMILES string of the molecule is O=C1c2ccccc2C(=O)N1CCCC(=O)N(Cc1nnc(-c2ccc(Cl)cc2)o1)C1CC1. The molecular weight excluding hydrogens is 444 g/mol. The normalized spacial score (nSPS) is 15.1. The van der Waals surface area contributed by atoms with Crippen molar-refractivity contribution in [3.63, 3.8) is 0 Å². The standard InChI is InChI=1S/C24H21ClN4O4/c25-16-9-7-15(8-10-16)22-27-26-20(33-22)14-29(17-11-12-17)21(30)6-3-13-28-23(31)18-4-1-2-5-19(18)24(28)32/h1-2,4-5,7-10,17H,3,6,11-14H2. The summed E-state index contributed by atoms with van der Waals surface area (Å²) in [6, 6.07) is 14.0. The van der Waals surface area contributed by atoms with Crippen LogP contribution in [0.1, 0.15) is 52.3 Å². The molecule has 0 unspecified atom stereocenters. The van der Waals surface area contributed by atoms with Crippen molar-refractivity contribution < 1.29 is 18.8 Å². The summed E-state index contributed by atoms with van der Waals surface area (Å²) in [5, 5.41) is 8.79. The van der Waals surface area contributed by atoms with E-state index in [9.17, 15) is 14.4 Å². The molecule has 0 radical (unpaired) electrons. The van der Waals surface area contributed by atoms with Crippen molar-refractivity contribution in [1.82, 2.24) is 20.0 Å². The lowest BCUT2D eigenvalue weighted by Crippen LogP contribution is -2.34. The van der Waals surface area contributed by atoms with Crippen LogP contribution in [0.2, 0.25) is 5.02 Å². The van der Waals surface area contributed by atoms with Crippen LogP contribution in [-0.4, -0.2) is 50.3 Å². The predicted molar refractivity (Wildman–Crippen MR) is 119 cm³/mol. The Labute approximate surface area is 195 Å². The fourth-order valence-corrected chi connectivity index (χ4v) is 4.08. The van der Waals surface area contributed by atoms with Gasteiger partial charge in [-0.15, -0.1) is 10.2 Å². The molecule has 0 atom stereocenters. The largest absolute Gasteiger partial charge is 0.419 e. The Bertz CT molecular complexity index is 1180. The van der Waals surface area contributed by atoms with E-state index in [-0.39, 0.29) is 43.3 Å². The van der Waals surface area contributed by atoms with Crippen molar-refractivity contribution in [1.29, 1.82) is 0 Å². The summed E-state index contributed by atoms with van der Waals surface area (Å²) < 4.78 is 5.76. The maximum atomic E-state index is 12.9. The van der Waals surface area contributed by atoms with E-state index in [1.807, 2.05) is 0 Å². The van der Waals surface area contributed by atoms with Gasteiger partial charge in [0.15, 0.2) is 0 Å². The Balaban J connectivity index is 1.19. The van der Waals surface area contributed by atoms with Gasteiger partial charge < -0.3 is 9.32 Å². The van der Waals surface area contributed by atoms with E-state index in [4.69, 9.17) is 16.0 Å². The number of hydrogen-bond acceptors (Lipinski definition) is 6. The number of carbonyl (C=O) groups is 3. The highest BCUT2D eigenvalue weighted by atomic mass is 35.5. The quantitative estimate of drug-likeness (QED) is 0.468. The molecule has 0 bridgehead atoms. The van der Waals surface area contributed by atoms with Gasteiger partial charge in [-0.1, -0.05) is 23.7 Å². The number of fused-ring (bicyclic) bond motifs is 1. The molecule has 3 aromatic rings. The zero-order valence-electron chi connectivity index (χ0n) is 17.7. The Hall–Kier alpha value is -3.52. The second-order valence-corrected chi connectivity index (χ2v) is 8.61. The molecule has 1 aromatic heterocycles. The zero-order chi connectivity index (χ0) is 22.9. The van der Waals surface area contributed by atoms with Gasteiger partial charge in [0.25, 0.3) is 11.8 Å². The van der Waals surface area contributed by atoms with Crippen LogP contribution in [0.3, 0.4) is 0 Å². The van der Waals surface area contributed by atoms with Gasteiger partial charge in [0.1, 0.15) is 0 Å². The van der Waals surface area contributed by atoms with Gasteiger partial charge in [0.05, 0.1) is 17.7 Å². The van der Waals surface area contributed by atoms with Gasteiger partial charge in [-0.05, 0) is 55.7 Å². The summed E-state index contributed by atoms with van der Waals surface area (Å²) in [5.74, 6) is 0.0711. The molecule has 1 aliphatic heterocycles. The molecule has 2 heterocycles. The second kappa shape index (κ2) is 8.78.